The fourth-order valence-electron chi connectivity index (χ4n) is 2.20. The number of piperidine rings is 1. The second kappa shape index (κ2) is 5.83. The Labute approximate surface area is 120 Å². The molecule has 18 heavy (non-hydrogen) atoms. The van der Waals surface area contributed by atoms with E-state index in [1.165, 1.54) is 0 Å². The van der Waals surface area contributed by atoms with E-state index in [0.29, 0.717) is 15.7 Å². The van der Waals surface area contributed by atoms with Crippen molar-refractivity contribution < 1.29 is 4.92 Å². The van der Waals surface area contributed by atoms with Crippen LogP contribution in [0.5, 0.6) is 0 Å². The molecule has 1 heterocycles. The zero-order chi connectivity index (χ0) is 13.1. The summed E-state index contributed by atoms with van der Waals surface area (Å²) in [6, 6.07) is 5.98. The van der Waals surface area contributed by atoms with Gasteiger partial charge in [0.15, 0.2) is 0 Å². The zero-order valence-corrected chi connectivity index (χ0v) is 12.3. The first-order valence-electron chi connectivity index (χ1n) is 6.02. The third-order valence-corrected chi connectivity index (χ3v) is 4.12. The van der Waals surface area contributed by atoms with E-state index in [9.17, 15) is 10.1 Å². The SMILES string of the molecule is CC1NCCCC1Nc1ccc([N+](=O)[O-])c(I)c1. The molecule has 2 N–H and O–H groups in total. The Morgan fingerprint density at radius 3 is 2.94 bits per heavy atom. The van der Waals surface area contributed by atoms with Crippen molar-refractivity contribution in [1.29, 1.82) is 0 Å². The van der Waals surface area contributed by atoms with Gasteiger partial charge in [0.1, 0.15) is 0 Å². The van der Waals surface area contributed by atoms with Gasteiger partial charge in [-0.25, -0.2) is 0 Å². The Morgan fingerprint density at radius 2 is 2.33 bits per heavy atom. The normalized spacial score (nSPS) is 23.7. The minimum atomic E-state index is -0.351. The Morgan fingerprint density at radius 1 is 1.56 bits per heavy atom. The number of anilines is 1. The highest BCUT2D eigenvalue weighted by atomic mass is 127. The van der Waals surface area contributed by atoms with E-state index in [1.807, 2.05) is 28.7 Å². The largest absolute Gasteiger partial charge is 0.381 e. The van der Waals surface area contributed by atoms with Gasteiger partial charge < -0.3 is 10.6 Å². The number of nitrogens with zero attached hydrogens (tertiary/aromatic N) is 1. The molecule has 0 aliphatic carbocycles. The van der Waals surface area contributed by atoms with Gasteiger partial charge in [-0.2, -0.15) is 0 Å². The van der Waals surface area contributed by atoms with Gasteiger partial charge in [-0.15, -0.1) is 0 Å². The maximum absolute atomic E-state index is 10.7. The molecule has 98 valence electrons. The first-order valence-corrected chi connectivity index (χ1v) is 7.09. The Kier molecular flexibility index (Phi) is 4.39. The van der Waals surface area contributed by atoms with E-state index in [1.54, 1.807) is 12.1 Å². The summed E-state index contributed by atoms with van der Waals surface area (Å²) in [5.74, 6) is 0. The predicted molar refractivity (Wildman–Crippen MR) is 79.9 cm³/mol. The summed E-state index contributed by atoms with van der Waals surface area (Å²) < 4.78 is 0.666. The highest BCUT2D eigenvalue weighted by Crippen LogP contribution is 2.25. The first-order chi connectivity index (χ1) is 8.58. The lowest BCUT2D eigenvalue weighted by atomic mass is 9.99. The van der Waals surface area contributed by atoms with Gasteiger partial charge in [0.25, 0.3) is 5.69 Å². The summed E-state index contributed by atoms with van der Waals surface area (Å²) in [6.45, 7) is 3.23. The van der Waals surface area contributed by atoms with Crippen molar-refractivity contribution in [2.75, 3.05) is 11.9 Å². The summed E-state index contributed by atoms with van der Waals surface area (Å²) in [5.41, 5.74) is 1.11. The van der Waals surface area contributed by atoms with Crippen LogP contribution in [0.1, 0.15) is 19.8 Å². The molecular weight excluding hydrogens is 345 g/mol. The maximum Gasteiger partial charge on any atom is 0.282 e. The molecule has 6 heteroatoms. The summed E-state index contributed by atoms with van der Waals surface area (Å²) in [5, 5.41) is 17.6. The average Bonchev–Trinajstić information content (AvgIpc) is 2.32. The van der Waals surface area contributed by atoms with Gasteiger partial charge in [0.2, 0.25) is 0 Å². The molecule has 2 atom stereocenters. The second-order valence-electron chi connectivity index (χ2n) is 4.56. The molecule has 0 aromatic heterocycles. The van der Waals surface area contributed by atoms with Crippen molar-refractivity contribution in [2.24, 2.45) is 0 Å². The molecule has 2 rings (SSSR count). The number of hydrogen-bond acceptors (Lipinski definition) is 4. The van der Waals surface area contributed by atoms with Gasteiger partial charge >= 0.3 is 0 Å². The average molecular weight is 361 g/mol. The van der Waals surface area contributed by atoms with Crippen LogP contribution in [0.25, 0.3) is 0 Å². The number of benzene rings is 1. The minimum absolute atomic E-state index is 0.163. The summed E-state index contributed by atoms with van der Waals surface area (Å²) in [6.07, 6.45) is 2.29. The standard InChI is InChI=1S/C12H16IN3O2/c1-8-11(3-2-6-14-8)15-9-4-5-12(16(17)18)10(13)7-9/h4-5,7-8,11,14-15H,2-3,6H2,1H3. The van der Waals surface area contributed by atoms with Crippen molar-refractivity contribution in [1.82, 2.24) is 5.32 Å². The van der Waals surface area contributed by atoms with Crippen molar-refractivity contribution >= 4 is 34.0 Å². The molecule has 0 saturated carbocycles. The van der Waals surface area contributed by atoms with Gasteiger partial charge in [0.05, 0.1) is 8.49 Å². The quantitative estimate of drug-likeness (QED) is 0.494. The molecule has 0 radical (unpaired) electrons. The van der Waals surface area contributed by atoms with Crippen LogP contribution in [0.15, 0.2) is 18.2 Å². The lowest BCUT2D eigenvalue weighted by Gasteiger charge is -2.31. The van der Waals surface area contributed by atoms with E-state index in [2.05, 4.69) is 17.6 Å². The van der Waals surface area contributed by atoms with Gasteiger partial charge in [0, 0.05) is 23.8 Å². The van der Waals surface area contributed by atoms with E-state index >= 15 is 0 Å². The molecule has 2 unspecified atom stereocenters. The lowest BCUT2D eigenvalue weighted by molar-refractivity contribution is -0.385. The van der Waals surface area contributed by atoms with Crippen LogP contribution < -0.4 is 10.6 Å². The molecule has 1 saturated heterocycles. The van der Waals surface area contributed by atoms with Crippen molar-refractivity contribution in [2.45, 2.75) is 31.8 Å². The van der Waals surface area contributed by atoms with Crippen LogP contribution >= 0.6 is 22.6 Å². The van der Waals surface area contributed by atoms with Crippen LogP contribution in [0.4, 0.5) is 11.4 Å². The van der Waals surface area contributed by atoms with Gasteiger partial charge in [-0.3, -0.25) is 10.1 Å². The molecule has 0 spiro atoms. The number of rotatable bonds is 3. The fraction of sp³-hybridized carbons (Fsp3) is 0.500. The van der Waals surface area contributed by atoms with Crippen LogP contribution in [-0.2, 0) is 0 Å². The molecule has 1 aromatic rings. The van der Waals surface area contributed by atoms with Crippen molar-refractivity contribution in [3.05, 3.63) is 31.9 Å². The fourth-order valence-corrected chi connectivity index (χ4v) is 2.91. The predicted octanol–water partition coefficient (Wildman–Crippen LogP) is 2.75. The number of nitro benzene ring substituents is 1. The molecule has 5 nitrogen and oxygen atoms in total. The lowest BCUT2D eigenvalue weighted by Crippen LogP contribution is -2.46. The number of nitrogens with one attached hydrogen (secondary N) is 2. The number of nitro groups is 1. The Hall–Kier alpha value is -0.890. The first kappa shape index (κ1) is 13.5. The van der Waals surface area contributed by atoms with Crippen LogP contribution in [0, 0.1) is 13.7 Å². The van der Waals surface area contributed by atoms with Crippen molar-refractivity contribution in [3.63, 3.8) is 0 Å². The van der Waals surface area contributed by atoms with E-state index < -0.39 is 0 Å². The molecule has 0 bridgehead atoms. The summed E-state index contributed by atoms with van der Waals surface area (Å²) in [4.78, 5) is 10.4. The van der Waals surface area contributed by atoms with E-state index in [0.717, 1.165) is 25.1 Å². The molecule has 1 aliphatic rings. The van der Waals surface area contributed by atoms with Gasteiger partial charge in [-0.1, -0.05) is 0 Å². The Balaban J connectivity index is 2.10. The molecular formula is C12H16IN3O2. The topological polar surface area (TPSA) is 67.2 Å². The molecule has 0 amide bonds. The number of halogens is 1. The maximum atomic E-state index is 10.7. The third kappa shape index (κ3) is 3.11. The minimum Gasteiger partial charge on any atom is -0.381 e. The Bertz CT molecular complexity index is 453. The zero-order valence-electron chi connectivity index (χ0n) is 10.1. The van der Waals surface area contributed by atoms with Crippen LogP contribution in [-0.4, -0.2) is 23.6 Å². The monoisotopic (exact) mass is 361 g/mol. The van der Waals surface area contributed by atoms with Crippen molar-refractivity contribution in [3.8, 4) is 0 Å². The summed E-state index contributed by atoms with van der Waals surface area (Å²) >= 11 is 2.00. The molecule has 1 aliphatic heterocycles. The van der Waals surface area contributed by atoms with Gasteiger partial charge in [-0.05, 0) is 61.0 Å². The van der Waals surface area contributed by atoms with Crippen LogP contribution in [0.3, 0.4) is 0 Å². The summed E-state index contributed by atoms with van der Waals surface area (Å²) in [7, 11) is 0. The number of hydrogen-bond donors (Lipinski definition) is 2. The van der Waals surface area contributed by atoms with E-state index in [4.69, 9.17) is 0 Å². The molecule has 1 aromatic carbocycles. The smallest absolute Gasteiger partial charge is 0.282 e. The molecule has 1 fully saturated rings. The van der Waals surface area contributed by atoms with E-state index in [-0.39, 0.29) is 10.6 Å². The highest BCUT2D eigenvalue weighted by Gasteiger charge is 2.21. The third-order valence-electron chi connectivity index (χ3n) is 3.26. The van der Waals surface area contributed by atoms with Crippen LogP contribution in [0.2, 0.25) is 0 Å². The highest BCUT2D eigenvalue weighted by molar-refractivity contribution is 14.1. The second-order valence-corrected chi connectivity index (χ2v) is 5.72.